The van der Waals surface area contributed by atoms with E-state index in [1.165, 1.54) is 0 Å². The smallest absolute Gasteiger partial charge is 0.191 e. The Morgan fingerprint density at radius 1 is 1.57 bits per heavy atom. The van der Waals surface area contributed by atoms with Crippen molar-refractivity contribution >= 4 is 12.4 Å². The highest BCUT2D eigenvalue weighted by Gasteiger charge is 2.17. The first-order valence-electron chi connectivity index (χ1n) is 4.57. The van der Waals surface area contributed by atoms with Crippen LogP contribution in [-0.2, 0) is 4.74 Å². The first-order chi connectivity index (χ1) is 6.36. The molecule has 0 aromatic carbocycles. The summed E-state index contributed by atoms with van der Waals surface area (Å²) in [6.45, 7) is 5.19. The number of hydrogen-bond donors (Lipinski definition) is 1. The van der Waals surface area contributed by atoms with Crippen molar-refractivity contribution in [3.63, 3.8) is 0 Å². The molecule has 1 N–H and O–H groups in total. The SMILES string of the molecule is Cc1ncc([C@@H]2CNCCOC2)o1.Cl. The third kappa shape index (κ3) is 2.70. The Hall–Kier alpha value is -0.580. The van der Waals surface area contributed by atoms with Gasteiger partial charge in [0.05, 0.1) is 25.3 Å². The number of oxazole rings is 1. The maximum Gasteiger partial charge on any atom is 0.191 e. The van der Waals surface area contributed by atoms with E-state index in [0.29, 0.717) is 5.92 Å². The van der Waals surface area contributed by atoms with E-state index in [1.54, 1.807) is 6.20 Å². The lowest BCUT2D eigenvalue weighted by molar-refractivity contribution is 0.136. The average molecular weight is 219 g/mol. The highest BCUT2D eigenvalue weighted by atomic mass is 35.5. The number of nitrogens with one attached hydrogen (secondary N) is 1. The van der Waals surface area contributed by atoms with Crippen molar-refractivity contribution in [3.05, 3.63) is 17.8 Å². The average Bonchev–Trinajstić information content (AvgIpc) is 2.43. The second kappa shape index (κ2) is 5.34. The zero-order chi connectivity index (χ0) is 9.10. The van der Waals surface area contributed by atoms with Gasteiger partial charge in [-0.05, 0) is 0 Å². The standard InChI is InChI=1S/C9H14N2O2.ClH/c1-7-11-5-9(13-7)8-4-10-2-3-12-6-8;/h5,8,10H,2-4,6H2,1H3;1H/t8-;/m1./s1. The maximum atomic E-state index is 5.45. The molecule has 14 heavy (non-hydrogen) atoms. The van der Waals surface area contributed by atoms with Gasteiger partial charge in [-0.15, -0.1) is 12.4 Å². The van der Waals surface area contributed by atoms with Crippen molar-refractivity contribution < 1.29 is 9.15 Å². The summed E-state index contributed by atoms with van der Waals surface area (Å²) in [6, 6.07) is 0. The normalized spacial score (nSPS) is 22.5. The monoisotopic (exact) mass is 218 g/mol. The molecule has 0 amide bonds. The summed E-state index contributed by atoms with van der Waals surface area (Å²) in [5, 5.41) is 3.29. The van der Waals surface area contributed by atoms with Gasteiger partial charge in [-0.25, -0.2) is 4.98 Å². The molecule has 5 heteroatoms. The first kappa shape index (κ1) is 11.5. The van der Waals surface area contributed by atoms with E-state index in [2.05, 4.69) is 10.3 Å². The topological polar surface area (TPSA) is 47.3 Å². The van der Waals surface area contributed by atoms with Gasteiger partial charge in [0, 0.05) is 20.0 Å². The molecular weight excluding hydrogens is 204 g/mol. The molecule has 0 unspecified atom stereocenters. The third-order valence-corrected chi connectivity index (χ3v) is 2.17. The van der Waals surface area contributed by atoms with Crippen molar-refractivity contribution in [3.8, 4) is 0 Å². The summed E-state index contributed by atoms with van der Waals surface area (Å²) in [4.78, 5) is 4.07. The minimum atomic E-state index is 0. The molecule has 1 saturated heterocycles. The molecule has 80 valence electrons. The van der Waals surface area contributed by atoms with Crippen LogP contribution in [0.25, 0.3) is 0 Å². The fraction of sp³-hybridized carbons (Fsp3) is 0.667. The molecule has 1 aliphatic rings. The number of aromatic nitrogens is 1. The molecule has 1 fully saturated rings. The van der Waals surface area contributed by atoms with Gasteiger partial charge in [0.15, 0.2) is 5.89 Å². The van der Waals surface area contributed by atoms with Crippen LogP contribution in [-0.4, -0.2) is 31.3 Å². The van der Waals surface area contributed by atoms with Crippen LogP contribution in [0.2, 0.25) is 0 Å². The molecule has 2 rings (SSSR count). The van der Waals surface area contributed by atoms with Gasteiger partial charge in [0.1, 0.15) is 5.76 Å². The van der Waals surface area contributed by atoms with Crippen LogP contribution in [0.4, 0.5) is 0 Å². The van der Waals surface area contributed by atoms with Crippen molar-refractivity contribution in [1.82, 2.24) is 10.3 Å². The zero-order valence-electron chi connectivity index (χ0n) is 8.16. The number of aryl methyl sites for hydroxylation is 1. The summed E-state index contributed by atoms with van der Waals surface area (Å²) >= 11 is 0. The Kier molecular flexibility index (Phi) is 4.38. The molecule has 4 nitrogen and oxygen atoms in total. The zero-order valence-corrected chi connectivity index (χ0v) is 8.97. The van der Waals surface area contributed by atoms with E-state index in [9.17, 15) is 0 Å². The molecule has 1 aromatic rings. The minimum absolute atomic E-state index is 0. The summed E-state index contributed by atoms with van der Waals surface area (Å²) in [5.74, 6) is 1.95. The number of nitrogens with zero attached hydrogens (tertiary/aromatic N) is 1. The van der Waals surface area contributed by atoms with Crippen molar-refractivity contribution in [2.24, 2.45) is 0 Å². The van der Waals surface area contributed by atoms with Gasteiger partial charge in [0.25, 0.3) is 0 Å². The van der Waals surface area contributed by atoms with Gasteiger partial charge in [-0.3, -0.25) is 0 Å². The van der Waals surface area contributed by atoms with E-state index in [0.717, 1.165) is 38.0 Å². The predicted octanol–water partition coefficient (Wildman–Crippen LogP) is 1.11. The summed E-state index contributed by atoms with van der Waals surface area (Å²) < 4.78 is 10.9. The second-order valence-electron chi connectivity index (χ2n) is 3.26. The second-order valence-corrected chi connectivity index (χ2v) is 3.26. The highest BCUT2D eigenvalue weighted by Crippen LogP contribution is 2.17. The van der Waals surface area contributed by atoms with Gasteiger partial charge >= 0.3 is 0 Å². The van der Waals surface area contributed by atoms with Gasteiger partial charge < -0.3 is 14.5 Å². The number of ether oxygens (including phenoxy) is 1. The van der Waals surface area contributed by atoms with Crippen LogP contribution in [0.1, 0.15) is 17.6 Å². The first-order valence-corrected chi connectivity index (χ1v) is 4.57. The van der Waals surface area contributed by atoms with E-state index in [-0.39, 0.29) is 12.4 Å². The van der Waals surface area contributed by atoms with E-state index < -0.39 is 0 Å². The van der Waals surface area contributed by atoms with Crippen LogP contribution in [0.3, 0.4) is 0 Å². The lowest BCUT2D eigenvalue weighted by atomic mass is 10.1. The highest BCUT2D eigenvalue weighted by molar-refractivity contribution is 5.85. The van der Waals surface area contributed by atoms with Crippen LogP contribution in [0.5, 0.6) is 0 Å². The van der Waals surface area contributed by atoms with Gasteiger partial charge in [-0.1, -0.05) is 0 Å². The number of hydrogen-bond acceptors (Lipinski definition) is 4. The molecule has 0 bridgehead atoms. The Balaban J connectivity index is 0.000000980. The van der Waals surface area contributed by atoms with Crippen LogP contribution >= 0.6 is 12.4 Å². The molecular formula is C9H15ClN2O2. The van der Waals surface area contributed by atoms with Crippen molar-refractivity contribution in [1.29, 1.82) is 0 Å². The lowest BCUT2D eigenvalue weighted by Gasteiger charge is -2.08. The molecule has 0 saturated carbocycles. The van der Waals surface area contributed by atoms with E-state index in [4.69, 9.17) is 9.15 Å². The van der Waals surface area contributed by atoms with E-state index >= 15 is 0 Å². The van der Waals surface area contributed by atoms with Crippen LogP contribution in [0.15, 0.2) is 10.6 Å². The molecule has 2 heterocycles. The summed E-state index contributed by atoms with van der Waals surface area (Å²) in [7, 11) is 0. The Morgan fingerprint density at radius 2 is 2.43 bits per heavy atom. The van der Waals surface area contributed by atoms with Gasteiger partial charge in [0.2, 0.25) is 0 Å². The third-order valence-electron chi connectivity index (χ3n) is 2.17. The lowest BCUT2D eigenvalue weighted by Crippen LogP contribution is -2.21. The van der Waals surface area contributed by atoms with Gasteiger partial charge in [-0.2, -0.15) is 0 Å². The van der Waals surface area contributed by atoms with Crippen LogP contribution in [0, 0.1) is 6.92 Å². The molecule has 0 aliphatic carbocycles. The number of rotatable bonds is 1. The summed E-state index contributed by atoms with van der Waals surface area (Å²) in [6.07, 6.45) is 1.79. The Morgan fingerprint density at radius 3 is 3.14 bits per heavy atom. The van der Waals surface area contributed by atoms with E-state index in [1.807, 2.05) is 6.92 Å². The fourth-order valence-electron chi connectivity index (χ4n) is 1.45. The summed E-state index contributed by atoms with van der Waals surface area (Å²) in [5.41, 5.74) is 0. The van der Waals surface area contributed by atoms with Crippen molar-refractivity contribution in [2.45, 2.75) is 12.8 Å². The van der Waals surface area contributed by atoms with Crippen LogP contribution < -0.4 is 5.32 Å². The minimum Gasteiger partial charge on any atom is -0.446 e. The quantitative estimate of drug-likeness (QED) is 0.767. The predicted molar refractivity (Wildman–Crippen MR) is 54.9 cm³/mol. The molecule has 1 atom stereocenters. The molecule has 1 aromatic heterocycles. The Bertz CT molecular complexity index is 270. The Labute approximate surface area is 89.4 Å². The largest absolute Gasteiger partial charge is 0.446 e. The maximum absolute atomic E-state index is 5.45. The van der Waals surface area contributed by atoms with Crippen molar-refractivity contribution in [2.75, 3.05) is 26.3 Å². The fourth-order valence-corrected chi connectivity index (χ4v) is 1.45. The number of halogens is 1. The molecule has 1 aliphatic heterocycles. The molecule has 0 spiro atoms. The molecule has 0 radical (unpaired) electrons.